The first-order valence-corrected chi connectivity index (χ1v) is 6.82. The van der Waals surface area contributed by atoms with E-state index >= 15 is 0 Å². The van der Waals surface area contributed by atoms with Gasteiger partial charge in [0.05, 0.1) is 6.61 Å². The third-order valence-corrected chi connectivity index (χ3v) is 3.92. The summed E-state index contributed by atoms with van der Waals surface area (Å²) in [5.41, 5.74) is 3.13. The normalized spacial score (nSPS) is 18.9. The van der Waals surface area contributed by atoms with Crippen LogP contribution in [-0.2, 0) is 4.74 Å². The van der Waals surface area contributed by atoms with Crippen LogP contribution in [0.25, 0.3) is 22.5 Å². The average Bonchev–Trinajstić information content (AvgIpc) is 3.17. The van der Waals surface area contributed by atoms with Crippen molar-refractivity contribution in [2.24, 2.45) is 0 Å². The number of hydrogen-bond acceptors (Lipinski definition) is 4. The predicted octanol–water partition coefficient (Wildman–Crippen LogP) is 3.03. The number of nitrogens with zero attached hydrogens (tertiary/aromatic N) is 2. The van der Waals surface area contributed by atoms with Gasteiger partial charge in [0.25, 0.3) is 5.89 Å². The van der Waals surface area contributed by atoms with Crippen molar-refractivity contribution in [3.63, 3.8) is 0 Å². The van der Waals surface area contributed by atoms with Crippen LogP contribution in [0.1, 0.15) is 23.7 Å². The third-order valence-electron chi connectivity index (χ3n) is 3.92. The second-order valence-corrected chi connectivity index (χ2v) is 5.19. The number of hydrogen-bond donors (Lipinski definition) is 1. The van der Waals surface area contributed by atoms with E-state index in [9.17, 15) is 0 Å². The molecule has 1 fully saturated rings. The second-order valence-electron chi connectivity index (χ2n) is 5.19. The Hall–Kier alpha value is -2.14. The largest absolute Gasteiger partial charge is 0.381 e. The molecule has 0 bridgehead atoms. The highest BCUT2D eigenvalue weighted by Gasteiger charge is 2.24. The number of para-hydroxylation sites is 1. The van der Waals surface area contributed by atoms with Gasteiger partial charge < -0.3 is 14.2 Å². The minimum atomic E-state index is 0.261. The summed E-state index contributed by atoms with van der Waals surface area (Å²) < 4.78 is 10.8. The van der Waals surface area contributed by atoms with E-state index < -0.39 is 0 Å². The molecule has 1 unspecified atom stereocenters. The molecule has 5 heteroatoms. The van der Waals surface area contributed by atoms with Gasteiger partial charge in [-0.2, -0.15) is 4.98 Å². The first-order chi connectivity index (χ1) is 9.83. The van der Waals surface area contributed by atoms with Crippen molar-refractivity contribution in [2.45, 2.75) is 19.3 Å². The molecule has 4 rings (SSSR count). The molecule has 1 aromatic carbocycles. The number of nitrogens with one attached hydrogen (secondary N) is 1. The van der Waals surface area contributed by atoms with Crippen molar-refractivity contribution < 1.29 is 9.26 Å². The van der Waals surface area contributed by atoms with E-state index in [2.05, 4.69) is 28.1 Å². The Balaban J connectivity index is 1.77. The van der Waals surface area contributed by atoms with Crippen LogP contribution in [0, 0.1) is 6.92 Å². The quantitative estimate of drug-likeness (QED) is 0.776. The van der Waals surface area contributed by atoms with E-state index in [1.54, 1.807) is 0 Å². The lowest BCUT2D eigenvalue weighted by atomic mass is 10.1. The first kappa shape index (κ1) is 11.7. The van der Waals surface area contributed by atoms with Crippen LogP contribution in [0.3, 0.4) is 0 Å². The van der Waals surface area contributed by atoms with Gasteiger partial charge in [-0.05, 0) is 25.0 Å². The van der Waals surface area contributed by atoms with Crippen molar-refractivity contribution >= 4 is 10.9 Å². The average molecular weight is 269 g/mol. The topological polar surface area (TPSA) is 63.9 Å². The minimum absolute atomic E-state index is 0.261. The lowest BCUT2D eigenvalue weighted by molar-refractivity contribution is 0.192. The van der Waals surface area contributed by atoms with Crippen molar-refractivity contribution in [1.82, 2.24) is 15.1 Å². The van der Waals surface area contributed by atoms with Gasteiger partial charge in [0.15, 0.2) is 5.82 Å². The fourth-order valence-corrected chi connectivity index (χ4v) is 2.74. The van der Waals surface area contributed by atoms with Gasteiger partial charge in [-0.3, -0.25) is 0 Å². The molecule has 0 radical (unpaired) electrons. The second kappa shape index (κ2) is 4.45. The summed E-state index contributed by atoms with van der Waals surface area (Å²) in [6.07, 6.45) is 0.963. The van der Waals surface area contributed by atoms with Crippen LogP contribution in [-0.4, -0.2) is 28.3 Å². The Kier molecular flexibility index (Phi) is 2.60. The van der Waals surface area contributed by atoms with Crippen LogP contribution in [0.5, 0.6) is 0 Å². The minimum Gasteiger partial charge on any atom is -0.381 e. The Labute approximate surface area is 115 Å². The zero-order valence-electron chi connectivity index (χ0n) is 11.2. The fraction of sp³-hybridized carbons (Fsp3) is 0.333. The molecular weight excluding hydrogens is 254 g/mol. The number of aromatic amines is 1. The van der Waals surface area contributed by atoms with Gasteiger partial charge in [-0.1, -0.05) is 23.4 Å². The standard InChI is InChI=1S/C15H15N3O2/c1-9-11-4-2-3-5-12(11)16-13(9)15-17-14(18-20-15)10-6-7-19-8-10/h2-5,10,16H,6-8H2,1H3. The molecule has 0 spiro atoms. The molecule has 0 amide bonds. The van der Waals surface area contributed by atoms with Gasteiger partial charge in [0.1, 0.15) is 5.69 Å². The molecule has 2 aromatic heterocycles. The van der Waals surface area contributed by atoms with Gasteiger partial charge in [-0.15, -0.1) is 0 Å². The summed E-state index contributed by atoms with van der Waals surface area (Å²) in [7, 11) is 0. The molecule has 1 saturated heterocycles. The molecule has 1 aliphatic rings. The maximum Gasteiger partial charge on any atom is 0.274 e. The number of aryl methyl sites for hydroxylation is 1. The molecule has 3 heterocycles. The molecule has 102 valence electrons. The molecule has 20 heavy (non-hydrogen) atoms. The summed E-state index contributed by atoms with van der Waals surface area (Å²) in [6, 6.07) is 8.18. The summed E-state index contributed by atoms with van der Waals surface area (Å²) in [5, 5.41) is 5.29. The van der Waals surface area contributed by atoms with Crippen molar-refractivity contribution in [1.29, 1.82) is 0 Å². The Morgan fingerprint density at radius 1 is 1.30 bits per heavy atom. The van der Waals surface area contributed by atoms with E-state index in [-0.39, 0.29) is 5.92 Å². The Morgan fingerprint density at radius 2 is 2.20 bits per heavy atom. The molecule has 5 nitrogen and oxygen atoms in total. The first-order valence-electron chi connectivity index (χ1n) is 6.82. The predicted molar refractivity (Wildman–Crippen MR) is 74.5 cm³/mol. The van der Waals surface area contributed by atoms with Crippen LogP contribution in [0.15, 0.2) is 28.8 Å². The van der Waals surface area contributed by atoms with Crippen LogP contribution in [0.4, 0.5) is 0 Å². The van der Waals surface area contributed by atoms with Crippen LogP contribution < -0.4 is 0 Å². The van der Waals surface area contributed by atoms with Crippen molar-refractivity contribution in [3.05, 3.63) is 35.7 Å². The molecule has 1 atom stereocenters. The van der Waals surface area contributed by atoms with E-state index in [0.29, 0.717) is 12.5 Å². The lowest BCUT2D eigenvalue weighted by Gasteiger charge is -1.97. The number of benzene rings is 1. The van der Waals surface area contributed by atoms with E-state index in [4.69, 9.17) is 9.26 Å². The fourth-order valence-electron chi connectivity index (χ4n) is 2.74. The van der Waals surface area contributed by atoms with Crippen LogP contribution in [0.2, 0.25) is 0 Å². The summed E-state index contributed by atoms with van der Waals surface area (Å²) in [5.74, 6) is 1.56. The summed E-state index contributed by atoms with van der Waals surface area (Å²) in [4.78, 5) is 7.89. The maximum absolute atomic E-state index is 5.43. The number of H-pyrrole nitrogens is 1. The molecule has 0 saturated carbocycles. The van der Waals surface area contributed by atoms with E-state index in [1.165, 1.54) is 5.39 Å². The van der Waals surface area contributed by atoms with Crippen LogP contribution >= 0.6 is 0 Å². The SMILES string of the molecule is Cc1c(-c2nc(C3CCOC3)no2)[nH]c2ccccc12. The highest BCUT2D eigenvalue weighted by atomic mass is 16.5. The number of rotatable bonds is 2. The molecular formula is C15H15N3O2. The third kappa shape index (κ3) is 1.74. The van der Waals surface area contributed by atoms with Gasteiger partial charge in [0, 0.05) is 23.4 Å². The molecule has 1 aliphatic heterocycles. The smallest absolute Gasteiger partial charge is 0.274 e. The highest BCUT2D eigenvalue weighted by Crippen LogP contribution is 2.30. The zero-order valence-corrected chi connectivity index (χ0v) is 11.2. The Morgan fingerprint density at radius 3 is 3.00 bits per heavy atom. The van der Waals surface area contributed by atoms with Gasteiger partial charge in [-0.25, -0.2) is 0 Å². The summed E-state index contributed by atoms with van der Waals surface area (Å²) >= 11 is 0. The number of ether oxygens (including phenoxy) is 1. The number of aromatic nitrogens is 3. The monoisotopic (exact) mass is 269 g/mol. The van der Waals surface area contributed by atoms with Gasteiger partial charge >= 0.3 is 0 Å². The molecule has 3 aromatic rings. The van der Waals surface area contributed by atoms with Crippen molar-refractivity contribution in [2.75, 3.05) is 13.2 Å². The highest BCUT2D eigenvalue weighted by molar-refractivity contribution is 5.88. The Bertz CT molecular complexity index is 753. The lowest BCUT2D eigenvalue weighted by Crippen LogP contribution is -1.99. The molecule has 0 aliphatic carbocycles. The number of fused-ring (bicyclic) bond motifs is 1. The van der Waals surface area contributed by atoms with Crippen molar-refractivity contribution in [3.8, 4) is 11.6 Å². The summed E-state index contributed by atoms with van der Waals surface area (Å²) in [6.45, 7) is 3.53. The maximum atomic E-state index is 5.43. The van der Waals surface area contributed by atoms with E-state index in [1.807, 2.05) is 18.2 Å². The van der Waals surface area contributed by atoms with Gasteiger partial charge in [0.2, 0.25) is 0 Å². The zero-order chi connectivity index (χ0) is 13.5. The molecule has 1 N–H and O–H groups in total. The van der Waals surface area contributed by atoms with E-state index in [0.717, 1.165) is 35.6 Å².